The van der Waals surface area contributed by atoms with Crippen LogP contribution in [0.15, 0.2) is 12.1 Å². The molecule has 0 aromatic heterocycles. The Balaban J connectivity index is 3.13. The number of nitriles is 1. The number of hydrogen-bond acceptors (Lipinski definition) is 4. The van der Waals surface area contributed by atoms with E-state index < -0.39 is 18.2 Å². The number of hydrogen-bond donors (Lipinski definition) is 1. The highest BCUT2D eigenvalue weighted by atomic mass is 19.3. The van der Waals surface area contributed by atoms with E-state index in [4.69, 9.17) is 11.0 Å². The Morgan fingerprint density at radius 3 is 2.57 bits per heavy atom. The maximum absolute atomic E-state index is 13.6. The fraction of sp³-hybridized carbons (Fsp3) is 0.500. The fourth-order valence-electron chi connectivity index (χ4n) is 1.95. The molecule has 21 heavy (non-hydrogen) atoms. The van der Waals surface area contributed by atoms with Gasteiger partial charge in [0.15, 0.2) is 11.6 Å². The van der Waals surface area contributed by atoms with E-state index in [0.717, 1.165) is 12.1 Å². The van der Waals surface area contributed by atoms with Crippen molar-refractivity contribution in [2.24, 2.45) is 5.92 Å². The average molecular weight is 301 g/mol. The quantitative estimate of drug-likeness (QED) is 0.784. The molecule has 0 heterocycles. The van der Waals surface area contributed by atoms with Gasteiger partial charge in [-0.05, 0) is 5.92 Å². The number of alkyl halides is 2. The van der Waals surface area contributed by atoms with Crippen LogP contribution in [0.3, 0.4) is 0 Å². The first-order chi connectivity index (χ1) is 9.85. The lowest BCUT2D eigenvalue weighted by Crippen LogP contribution is -2.29. The Hall–Kier alpha value is -2.10. The number of halogens is 3. The second-order valence-electron chi connectivity index (χ2n) is 4.97. The predicted molar refractivity (Wildman–Crippen MR) is 74.7 cm³/mol. The summed E-state index contributed by atoms with van der Waals surface area (Å²) in [6.07, 6.45) is 0.245. The summed E-state index contributed by atoms with van der Waals surface area (Å²) in [6, 6.07) is 4.11. The Bertz CT molecular complexity index is 515. The second-order valence-corrected chi connectivity index (χ2v) is 4.97. The molecule has 2 N–H and O–H groups in total. The number of nitrogens with zero attached hydrogens (tertiary/aromatic N) is 2. The van der Waals surface area contributed by atoms with Crippen molar-refractivity contribution in [2.45, 2.75) is 26.9 Å². The topological polar surface area (TPSA) is 62.3 Å². The summed E-state index contributed by atoms with van der Waals surface area (Å²) in [5.74, 6) is -1.24. The number of rotatable bonds is 7. The van der Waals surface area contributed by atoms with Crippen molar-refractivity contribution in [3.8, 4) is 11.8 Å². The van der Waals surface area contributed by atoms with Gasteiger partial charge in [-0.2, -0.15) is 14.0 Å². The van der Waals surface area contributed by atoms with E-state index in [9.17, 15) is 13.2 Å². The summed E-state index contributed by atoms with van der Waals surface area (Å²) >= 11 is 0. The first-order valence-corrected chi connectivity index (χ1v) is 6.50. The molecular weight excluding hydrogens is 283 g/mol. The van der Waals surface area contributed by atoms with Crippen molar-refractivity contribution in [3.05, 3.63) is 17.9 Å². The number of anilines is 2. The van der Waals surface area contributed by atoms with E-state index >= 15 is 0 Å². The molecule has 1 rings (SSSR count). The van der Waals surface area contributed by atoms with Gasteiger partial charge in [0, 0.05) is 25.2 Å². The molecular formula is C14H18F3N3O. The molecule has 0 saturated heterocycles. The Labute approximate surface area is 121 Å². The van der Waals surface area contributed by atoms with Crippen molar-refractivity contribution >= 4 is 11.4 Å². The average Bonchev–Trinajstić information content (AvgIpc) is 2.37. The van der Waals surface area contributed by atoms with Gasteiger partial charge >= 0.3 is 6.61 Å². The molecule has 4 nitrogen and oxygen atoms in total. The van der Waals surface area contributed by atoms with Crippen molar-refractivity contribution < 1.29 is 17.9 Å². The van der Waals surface area contributed by atoms with E-state index in [0.29, 0.717) is 18.8 Å². The molecule has 0 saturated carbocycles. The monoisotopic (exact) mass is 301 g/mol. The van der Waals surface area contributed by atoms with Crippen LogP contribution in [0.1, 0.15) is 20.3 Å². The van der Waals surface area contributed by atoms with Crippen LogP contribution in [0.4, 0.5) is 24.5 Å². The number of nitrogens with two attached hydrogens (primary N) is 1. The van der Waals surface area contributed by atoms with Crippen molar-refractivity contribution in [3.63, 3.8) is 0 Å². The zero-order valence-electron chi connectivity index (χ0n) is 11.9. The summed E-state index contributed by atoms with van der Waals surface area (Å²) < 4.78 is 42.2. The lowest BCUT2D eigenvalue weighted by molar-refractivity contribution is -0.0521. The van der Waals surface area contributed by atoms with Gasteiger partial charge in [0.25, 0.3) is 0 Å². The second kappa shape index (κ2) is 7.62. The van der Waals surface area contributed by atoms with E-state index in [1.165, 1.54) is 0 Å². The van der Waals surface area contributed by atoms with Gasteiger partial charge in [0.2, 0.25) is 0 Å². The summed E-state index contributed by atoms with van der Waals surface area (Å²) in [4.78, 5) is 1.76. The Morgan fingerprint density at radius 2 is 2.05 bits per heavy atom. The largest absolute Gasteiger partial charge is 0.432 e. The summed E-state index contributed by atoms with van der Waals surface area (Å²) in [7, 11) is 0. The first kappa shape index (κ1) is 17.0. The molecule has 1 aromatic rings. The predicted octanol–water partition coefficient (Wildman–Crippen LogP) is 3.39. The van der Waals surface area contributed by atoms with E-state index in [-0.39, 0.29) is 18.0 Å². The minimum atomic E-state index is -3.12. The standard InChI is InChI=1S/C14H18F3N3O/c1-9(2)8-20(5-3-4-18)12-7-13(21-14(16)17)10(15)6-11(12)19/h6-7,9,14H,3,5,8,19H2,1-2H3. The van der Waals surface area contributed by atoms with Gasteiger partial charge in [0.1, 0.15) is 0 Å². The van der Waals surface area contributed by atoms with Gasteiger partial charge in [-0.25, -0.2) is 4.39 Å². The summed E-state index contributed by atoms with van der Waals surface area (Å²) in [5.41, 5.74) is 6.27. The van der Waals surface area contributed by atoms with Gasteiger partial charge in [0.05, 0.1) is 23.9 Å². The number of nitrogen functional groups attached to an aromatic ring is 1. The molecule has 0 aliphatic carbocycles. The van der Waals surface area contributed by atoms with Crippen LogP contribution in [0.2, 0.25) is 0 Å². The smallest absolute Gasteiger partial charge is 0.387 e. The molecule has 0 fully saturated rings. The molecule has 0 unspecified atom stereocenters. The van der Waals surface area contributed by atoms with E-state index in [1.807, 2.05) is 19.9 Å². The van der Waals surface area contributed by atoms with Crippen LogP contribution < -0.4 is 15.4 Å². The zero-order chi connectivity index (χ0) is 16.0. The van der Waals surface area contributed by atoms with Gasteiger partial charge in [-0.15, -0.1) is 0 Å². The number of ether oxygens (including phenoxy) is 1. The van der Waals surface area contributed by atoms with Crippen molar-refractivity contribution in [1.82, 2.24) is 0 Å². The maximum atomic E-state index is 13.6. The summed E-state index contributed by atoms with van der Waals surface area (Å²) in [6.45, 7) is 1.75. The van der Waals surface area contributed by atoms with Crippen LogP contribution in [0, 0.1) is 23.1 Å². The zero-order valence-corrected chi connectivity index (χ0v) is 11.9. The highest BCUT2D eigenvalue weighted by Crippen LogP contribution is 2.32. The first-order valence-electron chi connectivity index (χ1n) is 6.50. The molecule has 0 aliphatic rings. The van der Waals surface area contributed by atoms with Crippen LogP contribution >= 0.6 is 0 Å². The third-order valence-corrected chi connectivity index (χ3v) is 2.72. The highest BCUT2D eigenvalue weighted by molar-refractivity contribution is 5.70. The highest BCUT2D eigenvalue weighted by Gasteiger charge is 2.17. The number of benzene rings is 1. The summed E-state index contributed by atoms with van der Waals surface area (Å²) in [5, 5.41) is 8.69. The molecule has 0 radical (unpaired) electrons. The molecule has 116 valence electrons. The minimum absolute atomic E-state index is 0.118. The van der Waals surface area contributed by atoms with E-state index in [1.54, 1.807) is 4.90 Å². The van der Waals surface area contributed by atoms with Crippen molar-refractivity contribution in [1.29, 1.82) is 5.26 Å². The minimum Gasteiger partial charge on any atom is -0.432 e. The molecule has 0 aliphatic heterocycles. The lowest BCUT2D eigenvalue weighted by Gasteiger charge is -2.27. The lowest BCUT2D eigenvalue weighted by atomic mass is 10.1. The van der Waals surface area contributed by atoms with Crippen LogP contribution in [0.25, 0.3) is 0 Å². The third kappa shape index (κ3) is 5.06. The molecule has 1 aromatic carbocycles. The SMILES string of the molecule is CC(C)CN(CCC#N)c1cc(OC(F)F)c(F)cc1N. The van der Waals surface area contributed by atoms with Crippen LogP contribution in [-0.4, -0.2) is 19.7 Å². The van der Waals surface area contributed by atoms with Crippen LogP contribution in [0.5, 0.6) is 5.75 Å². The van der Waals surface area contributed by atoms with Crippen molar-refractivity contribution in [2.75, 3.05) is 23.7 Å². The normalized spacial score (nSPS) is 10.8. The third-order valence-electron chi connectivity index (χ3n) is 2.72. The maximum Gasteiger partial charge on any atom is 0.387 e. The Morgan fingerprint density at radius 1 is 1.38 bits per heavy atom. The van der Waals surface area contributed by atoms with Gasteiger partial charge < -0.3 is 15.4 Å². The Kier molecular flexibility index (Phi) is 6.15. The van der Waals surface area contributed by atoms with E-state index in [2.05, 4.69) is 4.74 Å². The molecule has 0 bridgehead atoms. The molecule has 0 amide bonds. The molecule has 7 heteroatoms. The van der Waals surface area contributed by atoms with Gasteiger partial charge in [-0.1, -0.05) is 13.8 Å². The van der Waals surface area contributed by atoms with Gasteiger partial charge in [-0.3, -0.25) is 0 Å². The molecule has 0 atom stereocenters. The fourth-order valence-corrected chi connectivity index (χ4v) is 1.95. The van der Waals surface area contributed by atoms with Crippen LogP contribution in [-0.2, 0) is 0 Å². The molecule has 0 spiro atoms.